The van der Waals surface area contributed by atoms with E-state index < -0.39 is 0 Å². The van der Waals surface area contributed by atoms with Gasteiger partial charge < -0.3 is 10.7 Å². The topological polar surface area (TPSA) is 71.8 Å². The lowest BCUT2D eigenvalue weighted by Crippen LogP contribution is -2.08. The molecule has 4 nitrogen and oxygen atoms in total. The zero-order chi connectivity index (χ0) is 25.2. The summed E-state index contributed by atoms with van der Waals surface area (Å²) in [5.74, 6) is 0. The van der Waals surface area contributed by atoms with Crippen molar-refractivity contribution in [3.63, 3.8) is 0 Å². The molecule has 3 N–H and O–H groups in total. The Morgan fingerprint density at radius 1 is 0.622 bits per heavy atom. The molecule has 2 aromatic heterocycles. The summed E-state index contributed by atoms with van der Waals surface area (Å²) >= 11 is 0. The van der Waals surface area contributed by atoms with E-state index >= 15 is 0 Å². The molecule has 0 aliphatic carbocycles. The number of fused-ring (bicyclic) bond motifs is 1. The first kappa shape index (κ1) is 22.7. The number of rotatable bonds is 5. The summed E-state index contributed by atoms with van der Waals surface area (Å²) in [5, 5.41) is 0.559. The van der Waals surface area contributed by atoms with Crippen LogP contribution in [0.1, 0.15) is 5.56 Å². The largest absolute Gasteiger partial charge is 0.328 e. The van der Waals surface area contributed by atoms with Crippen LogP contribution in [0.5, 0.6) is 0 Å². The van der Waals surface area contributed by atoms with Gasteiger partial charge in [-0.1, -0.05) is 103 Å². The molecular weight excluding hydrogens is 454 g/mol. The smallest absolute Gasteiger partial charge is 0.257 e. The summed E-state index contributed by atoms with van der Waals surface area (Å²) in [6.07, 6.45) is 1.77. The second kappa shape index (κ2) is 9.69. The fraction of sp³-hybridized carbons (Fsp3) is 0.0303. The summed E-state index contributed by atoms with van der Waals surface area (Å²) in [5.41, 5.74) is 15.2. The Kier molecular flexibility index (Phi) is 5.93. The highest BCUT2D eigenvalue weighted by atomic mass is 16.1. The van der Waals surface area contributed by atoms with Crippen LogP contribution in [0.2, 0.25) is 0 Å². The Labute approximate surface area is 215 Å². The minimum Gasteiger partial charge on any atom is -0.328 e. The van der Waals surface area contributed by atoms with Crippen molar-refractivity contribution >= 4 is 10.9 Å². The van der Waals surface area contributed by atoms with E-state index in [-0.39, 0.29) is 5.56 Å². The highest BCUT2D eigenvalue weighted by Crippen LogP contribution is 2.36. The van der Waals surface area contributed by atoms with E-state index in [1.165, 1.54) is 0 Å². The Morgan fingerprint density at radius 3 is 1.97 bits per heavy atom. The maximum Gasteiger partial charge on any atom is 0.257 e. The average molecular weight is 480 g/mol. The Hall–Kier alpha value is -4.80. The number of nitrogens with zero attached hydrogens (tertiary/aromatic N) is 1. The summed E-state index contributed by atoms with van der Waals surface area (Å²) in [6.45, 7) is 0.480. The lowest BCUT2D eigenvalue weighted by atomic mass is 9.95. The lowest BCUT2D eigenvalue weighted by Gasteiger charge is -2.14. The van der Waals surface area contributed by atoms with Crippen LogP contribution in [0.15, 0.2) is 126 Å². The predicted molar refractivity (Wildman–Crippen MR) is 152 cm³/mol. The number of H-pyrrole nitrogens is 1. The van der Waals surface area contributed by atoms with Crippen molar-refractivity contribution in [2.45, 2.75) is 6.54 Å². The fourth-order valence-corrected chi connectivity index (χ4v) is 4.75. The van der Waals surface area contributed by atoms with Crippen molar-refractivity contribution in [1.82, 2.24) is 9.97 Å². The molecular formula is C33H25N3O. The molecule has 0 saturated carbocycles. The van der Waals surface area contributed by atoms with Gasteiger partial charge in [0.25, 0.3) is 5.56 Å². The third kappa shape index (κ3) is 4.35. The molecule has 178 valence electrons. The van der Waals surface area contributed by atoms with Gasteiger partial charge in [-0.15, -0.1) is 0 Å². The summed E-state index contributed by atoms with van der Waals surface area (Å²) in [4.78, 5) is 21.2. The van der Waals surface area contributed by atoms with Crippen LogP contribution in [0.25, 0.3) is 55.5 Å². The van der Waals surface area contributed by atoms with Crippen LogP contribution in [-0.2, 0) is 6.54 Å². The first-order valence-electron chi connectivity index (χ1n) is 12.3. The van der Waals surface area contributed by atoms with Crippen molar-refractivity contribution in [3.05, 3.63) is 137 Å². The zero-order valence-corrected chi connectivity index (χ0v) is 20.2. The molecule has 6 rings (SSSR count). The van der Waals surface area contributed by atoms with E-state index in [1.807, 2.05) is 84.9 Å². The van der Waals surface area contributed by atoms with Crippen LogP contribution in [0, 0.1) is 0 Å². The normalized spacial score (nSPS) is 11.1. The molecule has 0 radical (unpaired) electrons. The lowest BCUT2D eigenvalue weighted by molar-refractivity contribution is 1.07. The first-order chi connectivity index (χ1) is 18.2. The standard InChI is InChI=1S/C33H25N3O/c34-20-22-14-16-25(17-15-22)31-28(24-10-5-2-6-11-24)19-29-32(36-31)30(21-35-33(29)37)27-13-7-12-26(18-27)23-8-3-1-4-9-23/h1-19,21H,20,34H2,(H,35,37). The number of aromatic amines is 1. The van der Waals surface area contributed by atoms with Crippen LogP contribution >= 0.6 is 0 Å². The number of benzene rings is 4. The van der Waals surface area contributed by atoms with Gasteiger partial charge in [0.05, 0.1) is 16.6 Å². The van der Waals surface area contributed by atoms with Crippen molar-refractivity contribution in [2.75, 3.05) is 0 Å². The van der Waals surface area contributed by atoms with Crippen molar-refractivity contribution in [3.8, 4) is 44.6 Å². The average Bonchev–Trinajstić information content (AvgIpc) is 2.98. The van der Waals surface area contributed by atoms with Crippen LogP contribution in [-0.4, -0.2) is 9.97 Å². The quantitative estimate of drug-likeness (QED) is 0.278. The molecule has 0 spiro atoms. The monoisotopic (exact) mass is 479 g/mol. The van der Waals surface area contributed by atoms with E-state index in [0.29, 0.717) is 17.4 Å². The molecule has 0 amide bonds. The van der Waals surface area contributed by atoms with E-state index in [4.69, 9.17) is 10.7 Å². The third-order valence-corrected chi connectivity index (χ3v) is 6.70. The minimum atomic E-state index is -0.160. The van der Waals surface area contributed by atoms with Crippen LogP contribution in [0.4, 0.5) is 0 Å². The molecule has 4 heteroatoms. The molecule has 6 aromatic rings. The maximum atomic E-state index is 13.1. The number of aromatic nitrogens is 2. The van der Waals surface area contributed by atoms with Gasteiger partial charge in [0.15, 0.2) is 0 Å². The second-order valence-electron chi connectivity index (χ2n) is 9.03. The van der Waals surface area contributed by atoms with Gasteiger partial charge in [0, 0.05) is 29.4 Å². The van der Waals surface area contributed by atoms with Gasteiger partial charge in [0.2, 0.25) is 0 Å². The molecule has 0 atom stereocenters. The minimum absolute atomic E-state index is 0.160. The molecule has 37 heavy (non-hydrogen) atoms. The number of nitrogens with two attached hydrogens (primary N) is 1. The number of hydrogen-bond acceptors (Lipinski definition) is 3. The van der Waals surface area contributed by atoms with Crippen molar-refractivity contribution in [1.29, 1.82) is 0 Å². The van der Waals surface area contributed by atoms with Crippen LogP contribution in [0.3, 0.4) is 0 Å². The zero-order valence-electron chi connectivity index (χ0n) is 20.2. The van der Waals surface area contributed by atoms with E-state index in [1.54, 1.807) is 6.20 Å². The van der Waals surface area contributed by atoms with Crippen molar-refractivity contribution in [2.24, 2.45) is 5.73 Å². The maximum absolute atomic E-state index is 13.1. The van der Waals surface area contributed by atoms with E-state index in [9.17, 15) is 4.79 Å². The van der Waals surface area contributed by atoms with Gasteiger partial charge in [-0.05, 0) is 39.9 Å². The molecule has 2 heterocycles. The number of pyridine rings is 2. The summed E-state index contributed by atoms with van der Waals surface area (Å²) in [7, 11) is 0. The summed E-state index contributed by atoms with van der Waals surface area (Å²) in [6, 6.07) is 38.8. The van der Waals surface area contributed by atoms with E-state index in [0.717, 1.165) is 50.2 Å². The van der Waals surface area contributed by atoms with Gasteiger partial charge in [-0.2, -0.15) is 0 Å². The molecule has 0 bridgehead atoms. The molecule has 0 unspecified atom stereocenters. The summed E-state index contributed by atoms with van der Waals surface area (Å²) < 4.78 is 0. The molecule has 0 aliphatic heterocycles. The highest BCUT2D eigenvalue weighted by Gasteiger charge is 2.16. The van der Waals surface area contributed by atoms with Crippen LogP contribution < -0.4 is 11.3 Å². The second-order valence-corrected chi connectivity index (χ2v) is 9.03. The molecule has 0 fully saturated rings. The molecule has 0 saturated heterocycles. The Morgan fingerprint density at radius 2 is 1.27 bits per heavy atom. The number of hydrogen-bond donors (Lipinski definition) is 2. The van der Waals surface area contributed by atoms with Gasteiger partial charge >= 0.3 is 0 Å². The van der Waals surface area contributed by atoms with Crippen molar-refractivity contribution < 1.29 is 0 Å². The SMILES string of the molecule is NCc1ccc(-c2nc3c(-c4cccc(-c5ccccc5)c4)c[nH]c(=O)c3cc2-c2ccccc2)cc1. The Bertz CT molecular complexity index is 1760. The molecule has 0 aliphatic rings. The molecule has 4 aromatic carbocycles. The fourth-order valence-electron chi connectivity index (χ4n) is 4.75. The first-order valence-corrected chi connectivity index (χ1v) is 12.3. The van der Waals surface area contributed by atoms with Gasteiger partial charge in [-0.25, -0.2) is 4.98 Å². The predicted octanol–water partition coefficient (Wildman–Crippen LogP) is 7.05. The van der Waals surface area contributed by atoms with E-state index in [2.05, 4.69) is 35.3 Å². The number of nitrogens with one attached hydrogen (secondary N) is 1. The Balaban J connectivity index is 1.61. The highest BCUT2D eigenvalue weighted by molar-refractivity contribution is 5.98. The van der Waals surface area contributed by atoms with Gasteiger partial charge in [-0.3, -0.25) is 4.79 Å². The van der Waals surface area contributed by atoms with Gasteiger partial charge in [0.1, 0.15) is 0 Å². The third-order valence-electron chi connectivity index (χ3n) is 6.70.